The van der Waals surface area contributed by atoms with Crippen LogP contribution in [0, 0.1) is 0 Å². The normalized spacial score (nSPS) is 10.7. The minimum Gasteiger partial charge on any atom is -0.346 e. The zero-order valence-electron chi connectivity index (χ0n) is 11.5. The predicted octanol–water partition coefficient (Wildman–Crippen LogP) is 2.24. The van der Waals surface area contributed by atoms with E-state index in [2.05, 4.69) is 41.8 Å². The number of hydrogen-bond donors (Lipinski definition) is 2. The lowest BCUT2D eigenvalue weighted by Gasteiger charge is -2.27. The summed E-state index contributed by atoms with van der Waals surface area (Å²) in [6, 6.07) is 8.39. The van der Waals surface area contributed by atoms with E-state index in [0.29, 0.717) is 6.54 Å². The van der Waals surface area contributed by atoms with Crippen LogP contribution < -0.4 is 10.6 Å². The third kappa shape index (κ3) is 4.67. The summed E-state index contributed by atoms with van der Waals surface area (Å²) in [6.07, 6.45) is 1.03. The van der Waals surface area contributed by atoms with Crippen molar-refractivity contribution in [2.24, 2.45) is 0 Å². The maximum atomic E-state index is 11.6. The molecule has 0 fully saturated rings. The van der Waals surface area contributed by atoms with E-state index >= 15 is 0 Å². The summed E-state index contributed by atoms with van der Waals surface area (Å²) in [7, 11) is 1.77. The number of amides is 1. The Bertz CT molecular complexity index is 374. The van der Waals surface area contributed by atoms with Gasteiger partial charge in [0.05, 0.1) is 12.1 Å². The van der Waals surface area contributed by atoms with Gasteiger partial charge in [-0.3, -0.25) is 4.79 Å². The molecule has 18 heavy (non-hydrogen) atoms. The molecule has 0 aromatic heterocycles. The summed E-state index contributed by atoms with van der Waals surface area (Å²) in [5, 5.41) is 5.86. The van der Waals surface area contributed by atoms with Gasteiger partial charge < -0.3 is 10.6 Å². The molecular formula is C14H23ClN2O. The van der Waals surface area contributed by atoms with E-state index in [4.69, 9.17) is 0 Å². The Morgan fingerprint density at radius 1 is 1.22 bits per heavy atom. The lowest BCUT2D eigenvalue weighted by atomic mass is 9.93. The third-order valence-corrected chi connectivity index (χ3v) is 2.87. The average molecular weight is 271 g/mol. The number of nitrogens with one attached hydrogen (secondary N) is 2. The molecule has 0 atom stereocenters. The first-order valence-corrected chi connectivity index (χ1v) is 6.04. The topological polar surface area (TPSA) is 41.1 Å². The van der Waals surface area contributed by atoms with Crippen LogP contribution in [0.4, 0.5) is 0 Å². The van der Waals surface area contributed by atoms with Crippen LogP contribution in [0.5, 0.6) is 0 Å². The number of benzene rings is 1. The van der Waals surface area contributed by atoms with Crippen LogP contribution in [0.25, 0.3) is 0 Å². The van der Waals surface area contributed by atoms with Crippen LogP contribution in [0.2, 0.25) is 0 Å². The average Bonchev–Trinajstić information content (AvgIpc) is 2.28. The van der Waals surface area contributed by atoms with E-state index in [1.807, 2.05) is 13.8 Å². The maximum absolute atomic E-state index is 11.6. The van der Waals surface area contributed by atoms with Crippen LogP contribution in [0.3, 0.4) is 0 Å². The molecule has 4 heteroatoms. The zero-order chi connectivity index (χ0) is 12.9. The first-order chi connectivity index (χ1) is 7.99. The SMILES string of the molecule is CCc1ccc(C(C)(C)NC(=O)CNC)cc1.Cl. The van der Waals surface area contributed by atoms with Crippen molar-refractivity contribution in [1.82, 2.24) is 10.6 Å². The molecule has 0 bridgehead atoms. The van der Waals surface area contributed by atoms with Gasteiger partial charge in [-0.1, -0.05) is 31.2 Å². The number of hydrogen-bond acceptors (Lipinski definition) is 2. The van der Waals surface area contributed by atoms with Crippen molar-refractivity contribution < 1.29 is 4.79 Å². The van der Waals surface area contributed by atoms with Gasteiger partial charge in [0.15, 0.2) is 0 Å². The highest BCUT2D eigenvalue weighted by Crippen LogP contribution is 2.20. The van der Waals surface area contributed by atoms with Gasteiger partial charge in [0.2, 0.25) is 5.91 Å². The Morgan fingerprint density at radius 3 is 2.22 bits per heavy atom. The first kappa shape index (κ1) is 16.9. The molecule has 3 nitrogen and oxygen atoms in total. The summed E-state index contributed by atoms with van der Waals surface area (Å²) in [5.74, 6) is 0.0112. The van der Waals surface area contributed by atoms with Crippen molar-refractivity contribution in [3.05, 3.63) is 35.4 Å². The maximum Gasteiger partial charge on any atom is 0.234 e. The second-order valence-corrected chi connectivity index (χ2v) is 4.75. The Labute approximate surface area is 116 Å². The summed E-state index contributed by atoms with van der Waals surface area (Å²) < 4.78 is 0. The molecule has 0 spiro atoms. The standard InChI is InChI=1S/C14H22N2O.ClH/c1-5-11-6-8-12(9-7-11)14(2,3)16-13(17)10-15-4;/h6-9,15H,5,10H2,1-4H3,(H,16,17);1H. The first-order valence-electron chi connectivity index (χ1n) is 6.04. The van der Waals surface area contributed by atoms with Gasteiger partial charge in [-0.05, 0) is 38.4 Å². The van der Waals surface area contributed by atoms with Crippen molar-refractivity contribution >= 4 is 18.3 Å². The summed E-state index contributed by atoms with van der Waals surface area (Å²) in [6.45, 7) is 6.51. The Kier molecular flexibility index (Phi) is 6.96. The number of rotatable bonds is 5. The monoisotopic (exact) mass is 270 g/mol. The molecule has 0 aliphatic rings. The molecule has 0 saturated carbocycles. The Balaban J connectivity index is 0.00000289. The minimum absolute atomic E-state index is 0. The molecule has 1 aromatic carbocycles. The summed E-state index contributed by atoms with van der Waals surface area (Å²) >= 11 is 0. The van der Waals surface area contributed by atoms with Crippen LogP contribution in [-0.2, 0) is 16.8 Å². The molecule has 1 amide bonds. The molecule has 2 N–H and O–H groups in total. The number of carbonyl (C=O) groups excluding carboxylic acids is 1. The van der Waals surface area contributed by atoms with Gasteiger partial charge in [-0.2, -0.15) is 0 Å². The van der Waals surface area contributed by atoms with E-state index in [9.17, 15) is 4.79 Å². The lowest BCUT2D eigenvalue weighted by Crippen LogP contribution is -2.44. The van der Waals surface area contributed by atoms with Gasteiger partial charge in [0.1, 0.15) is 0 Å². The van der Waals surface area contributed by atoms with Gasteiger partial charge in [-0.15, -0.1) is 12.4 Å². The fraction of sp³-hybridized carbons (Fsp3) is 0.500. The largest absolute Gasteiger partial charge is 0.346 e. The number of aryl methyl sites for hydroxylation is 1. The van der Waals surface area contributed by atoms with Crippen molar-refractivity contribution in [3.8, 4) is 0 Å². The van der Waals surface area contributed by atoms with Gasteiger partial charge >= 0.3 is 0 Å². The van der Waals surface area contributed by atoms with E-state index < -0.39 is 0 Å². The molecule has 0 saturated heterocycles. The van der Waals surface area contributed by atoms with E-state index in [1.165, 1.54) is 5.56 Å². The van der Waals surface area contributed by atoms with E-state index in [1.54, 1.807) is 7.05 Å². The van der Waals surface area contributed by atoms with Crippen molar-refractivity contribution in [2.75, 3.05) is 13.6 Å². The molecular weight excluding hydrogens is 248 g/mol. The second kappa shape index (κ2) is 7.39. The Morgan fingerprint density at radius 2 is 1.78 bits per heavy atom. The van der Waals surface area contributed by atoms with E-state index in [0.717, 1.165) is 12.0 Å². The van der Waals surface area contributed by atoms with Gasteiger partial charge in [0, 0.05) is 0 Å². The smallest absolute Gasteiger partial charge is 0.234 e. The zero-order valence-corrected chi connectivity index (χ0v) is 12.4. The lowest BCUT2D eigenvalue weighted by molar-refractivity contribution is -0.121. The summed E-state index contributed by atoms with van der Waals surface area (Å²) in [4.78, 5) is 11.6. The van der Waals surface area contributed by atoms with Crippen molar-refractivity contribution in [1.29, 1.82) is 0 Å². The van der Waals surface area contributed by atoms with Crippen LogP contribution >= 0.6 is 12.4 Å². The molecule has 0 aliphatic carbocycles. The second-order valence-electron chi connectivity index (χ2n) is 4.75. The van der Waals surface area contributed by atoms with Crippen molar-refractivity contribution in [3.63, 3.8) is 0 Å². The molecule has 102 valence electrons. The fourth-order valence-corrected chi connectivity index (χ4v) is 1.78. The van der Waals surface area contributed by atoms with E-state index in [-0.39, 0.29) is 23.9 Å². The van der Waals surface area contributed by atoms with Crippen molar-refractivity contribution in [2.45, 2.75) is 32.7 Å². The predicted molar refractivity (Wildman–Crippen MR) is 78.2 cm³/mol. The van der Waals surface area contributed by atoms with Gasteiger partial charge in [-0.25, -0.2) is 0 Å². The molecule has 1 rings (SSSR count). The highest BCUT2D eigenvalue weighted by atomic mass is 35.5. The van der Waals surface area contributed by atoms with Crippen LogP contribution in [-0.4, -0.2) is 19.5 Å². The van der Waals surface area contributed by atoms with Crippen LogP contribution in [0.1, 0.15) is 31.9 Å². The quantitative estimate of drug-likeness (QED) is 0.862. The molecule has 0 heterocycles. The molecule has 1 aromatic rings. The Hall–Kier alpha value is -1.06. The molecule has 0 aliphatic heterocycles. The summed E-state index contributed by atoms with van der Waals surface area (Å²) in [5.41, 5.74) is 2.10. The minimum atomic E-state index is -0.333. The highest BCUT2D eigenvalue weighted by molar-refractivity contribution is 5.85. The number of likely N-dealkylation sites (N-methyl/N-ethyl adjacent to an activating group) is 1. The van der Waals surface area contributed by atoms with Crippen LogP contribution in [0.15, 0.2) is 24.3 Å². The molecule has 0 unspecified atom stereocenters. The number of halogens is 1. The molecule has 0 radical (unpaired) electrons. The third-order valence-electron chi connectivity index (χ3n) is 2.87. The highest BCUT2D eigenvalue weighted by Gasteiger charge is 2.22. The fourth-order valence-electron chi connectivity index (χ4n) is 1.78. The van der Waals surface area contributed by atoms with Gasteiger partial charge in [0.25, 0.3) is 0 Å². The number of carbonyl (C=O) groups is 1.